The van der Waals surface area contributed by atoms with E-state index in [4.69, 9.17) is 5.73 Å². The number of nitrogens with zero attached hydrogens (tertiary/aromatic N) is 7. The molecule has 1 unspecified atom stereocenters. The number of amides is 1. The maximum atomic E-state index is 12.4. The number of piperazine rings is 1. The van der Waals surface area contributed by atoms with E-state index >= 15 is 0 Å². The highest BCUT2D eigenvalue weighted by molar-refractivity contribution is 5.92. The summed E-state index contributed by atoms with van der Waals surface area (Å²) in [6.45, 7) is 6.81. The van der Waals surface area contributed by atoms with Crippen molar-refractivity contribution in [1.82, 2.24) is 24.8 Å². The first-order valence-electron chi connectivity index (χ1n) is 12.4. The molecule has 3 aromatic rings. The summed E-state index contributed by atoms with van der Waals surface area (Å²) in [5.41, 5.74) is 11.0. The second kappa shape index (κ2) is 9.73. The number of nitrogens with two attached hydrogens (primary N) is 1. The Morgan fingerprint density at radius 2 is 1.72 bits per heavy atom. The van der Waals surface area contributed by atoms with Gasteiger partial charge in [0.05, 0.1) is 5.69 Å². The molecule has 0 radical (unpaired) electrons. The molecule has 1 fully saturated rings. The molecule has 1 saturated heterocycles. The number of fused-ring (bicyclic) bond motifs is 1. The number of carbonyl (C=O) groups is 1. The van der Waals surface area contributed by atoms with E-state index in [1.165, 1.54) is 11.1 Å². The fourth-order valence-electron chi connectivity index (χ4n) is 4.93. The third-order valence-electron chi connectivity index (χ3n) is 7.10. The van der Waals surface area contributed by atoms with Gasteiger partial charge in [0.2, 0.25) is 5.95 Å². The van der Waals surface area contributed by atoms with Crippen LogP contribution in [0, 0.1) is 0 Å². The van der Waals surface area contributed by atoms with E-state index in [9.17, 15) is 4.79 Å². The molecule has 36 heavy (non-hydrogen) atoms. The fraction of sp³-hybridized carbons (Fsp3) is 0.407. The average molecular weight is 487 g/mol. The molecule has 9 nitrogen and oxygen atoms in total. The first-order chi connectivity index (χ1) is 17.3. The summed E-state index contributed by atoms with van der Waals surface area (Å²) in [7, 11) is 5.62. The lowest BCUT2D eigenvalue weighted by atomic mass is 9.92. The van der Waals surface area contributed by atoms with Crippen LogP contribution in [0.25, 0.3) is 11.3 Å². The maximum absolute atomic E-state index is 12.4. The highest BCUT2D eigenvalue weighted by atomic mass is 16.2. The number of aromatic nitrogens is 3. The van der Waals surface area contributed by atoms with E-state index in [1.807, 2.05) is 12.1 Å². The van der Waals surface area contributed by atoms with Crippen LogP contribution >= 0.6 is 0 Å². The predicted octanol–water partition coefficient (Wildman–Crippen LogP) is 2.53. The number of anilines is 3. The molecule has 2 aliphatic rings. The van der Waals surface area contributed by atoms with Crippen LogP contribution in [-0.4, -0.2) is 84.0 Å². The minimum atomic E-state index is -0.104. The van der Waals surface area contributed by atoms with Gasteiger partial charge < -0.3 is 25.3 Å². The van der Waals surface area contributed by atoms with Crippen molar-refractivity contribution in [3.05, 3.63) is 59.3 Å². The van der Waals surface area contributed by atoms with Crippen LogP contribution in [0.2, 0.25) is 0 Å². The van der Waals surface area contributed by atoms with Crippen molar-refractivity contribution in [3.63, 3.8) is 0 Å². The van der Waals surface area contributed by atoms with Gasteiger partial charge in [-0.25, -0.2) is 4.98 Å². The van der Waals surface area contributed by atoms with E-state index in [-0.39, 0.29) is 11.9 Å². The van der Waals surface area contributed by atoms with E-state index in [0.29, 0.717) is 11.6 Å². The number of rotatable bonds is 4. The van der Waals surface area contributed by atoms with E-state index < -0.39 is 0 Å². The Bertz CT molecular complexity index is 1270. The number of hydrogen-bond acceptors (Lipinski definition) is 8. The predicted molar refractivity (Wildman–Crippen MR) is 143 cm³/mol. The first kappa shape index (κ1) is 24.0. The molecule has 9 heteroatoms. The Balaban J connectivity index is 1.43. The first-order valence-corrected chi connectivity index (χ1v) is 12.4. The smallest absolute Gasteiger partial charge is 0.271 e. The quantitative estimate of drug-likeness (QED) is 0.601. The van der Waals surface area contributed by atoms with Gasteiger partial charge in [-0.15, -0.1) is 0 Å². The molecule has 1 atom stereocenters. The number of benzene rings is 1. The van der Waals surface area contributed by atoms with Crippen molar-refractivity contribution in [1.29, 1.82) is 0 Å². The summed E-state index contributed by atoms with van der Waals surface area (Å²) in [6.07, 6.45) is 0.913. The summed E-state index contributed by atoms with van der Waals surface area (Å²) in [5, 5.41) is 0. The van der Waals surface area contributed by atoms with Crippen LogP contribution < -0.4 is 15.5 Å². The molecule has 1 aromatic carbocycles. The molecular weight excluding hydrogens is 452 g/mol. The lowest BCUT2D eigenvalue weighted by Crippen LogP contribution is -2.45. The zero-order valence-corrected chi connectivity index (χ0v) is 21.5. The van der Waals surface area contributed by atoms with Crippen LogP contribution in [-0.2, 0) is 13.0 Å². The third-order valence-corrected chi connectivity index (χ3v) is 7.10. The largest absolute Gasteiger partial charge is 0.368 e. The van der Waals surface area contributed by atoms with E-state index in [2.05, 4.69) is 67.9 Å². The maximum Gasteiger partial charge on any atom is 0.271 e. The van der Waals surface area contributed by atoms with E-state index in [0.717, 1.165) is 62.0 Å². The molecular formula is C27H34N8O. The van der Waals surface area contributed by atoms with Gasteiger partial charge in [0.1, 0.15) is 17.3 Å². The van der Waals surface area contributed by atoms with E-state index in [1.54, 1.807) is 25.1 Å². The molecule has 5 rings (SSSR count). The third kappa shape index (κ3) is 4.83. The van der Waals surface area contributed by atoms with Crippen molar-refractivity contribution in [3.8, 4) is 11.3 Å². The van der Waals surface area contributed by atoms with Gasteiger partial charge in [-0.1, -0.05) is 18.2 Å². The highest BCUT2D eigenvalue weighted by Gasteiger charge is 2.26. The molecule has 2 aromatic heterocycles. The van der Waals surface area contributed by atoms with Gasteiger partial charge in [-0.05, 0) is 49.7 Å². The number of pyridine rings is 1. The summed E-state index contributed by atoms with van der Waals surface area (Å²) >= 11 is 0. The topological polar surface area (TPSA) is 94.7 Å². The number of hydrogen-bond donors (Lipinski definition) is 1. The molecule has 2 N–H and O–H groups in total. The fourth-order valence-corrected chi connectivity index (χ4v) is 4.93. The molecule has 0 aliphatic carbocycles. The average Bonchev–Trinajstić information content (AvgIpc) is 2.87. The van der Waals surface area contributed by atoms with Gasteiger partial charge >= 0.3 is 0 Å². The lowest BCUT2D eigenvalue weighted by molar-refractivity contribution is 0.0822. The Kier molecular flexibility index (Phi) is 6.49. The second-order valence-corrected chi connectivity index (χ2v) is 10.0. The van der Waals surface area contributed by atoms with Crippen molar-refractivity contribution in [2.75, 3.05) is 62.9 Å². The van der Waals surface area contributed by atoms with Crippen LogP contribution in [0.3, 0.4) is 0 Å². The zero-order chi connectivity index (χ0) is 25.4. The number of likely N-dealkylation sites (N-methyl/N-ethyl adjacent to an activating group) is 1. The van der Waals surface area contributed by atoms with Gasteiger partial charge in [0.15, 0.2) is 0 Å². The summed E-state index contributed by atoms with van der Waals surface area (Å²) < 4.78 is 0. The second-order valence-electron chi connectivity index (χ2n) is 10.0. The van der Waals surface area contributed by atoms with Crippen LogP contribution in [0.4, 0.5) is 17.6 Å². The molecule has 188 valence electrons. The Morgan fingerprint density at radius 3 is 2.47 bits per heavy atom. The number of carbonyl (C=O) groups excluding carboxylic acids is 1. The molecule has 1 amide bonds. The normalized spacial score (nSPS) is 18.2. The van der Waals surface area contributed by atoms with Crippen LogP contribution in [0.15, 0.2) is 42.5 Å². The Morgan fingerprint density at radius 1 is 0.972 bits per heavy atom. The standard InChI is InChI=1S/C27H34N8O/c1-18-14-19-8-9-20(22-6-5-7-23(29-22)26(36)32(2)3)15-21(19)17-35(18)25-16-24(30-27(28)31-25)34-12-10-33(4)11-13-34/h5-9,15-16,18H,10-14,17H2,1-4H3,(H2,28,30,31). The molecule has 2 aliphatic heterocycles. The minimum Gasteiger partial charge on any atom is -0.368 e. The highest BCUT2D eigenvalue weighted by Crippen LogP contribution is 2.32. The van der Waals surface area contributed by atoms with Crippen LogP contribution in [0.1, 0.15) is 28.5 Å². The van der Waals surface area contributed by atoms with Gasteiger partial charge in [0, 0.05) is 64.5 Å². The van der Waals surface area contributed by atoms with Gasteiger partial charge in [-0.3, -0.25) is 4.79 Å². The molecule has 4 heterocycles. The summed E-state index contributed by atoms with van der Waals surface area (Å²) in [6, 6.07) is 14.4. The van der Waals surface area contributed by atoms with Crippen molar-refractivity contribution in [2.24, 2.45) is 0 Å². The summed E-state index contributed by atoms with van der Waals surface area (Å²) in [5.74, 6) is 1.95. The Labute approximate surface area is 212 Å². The van der Waals surface area contributed by atoms with Crippen LogP contribution in [0.5, 0.6) is 0 Å². The molecule has 0 saturated carbocycles. The van der Waals surface area contributed by atoms with Crippen molar-refractivity contribution >= 4 is 23.5 Å². The van der Waals surface area contributed by atoms with Crippen molar-refractivity contribution < 1.29 is 4.79 Å². The zero-order valence-electron chi connectivity index (χ0n) is 21.5. The lowest BCUT2D eigenvalue weighted by Gasteiger charge is -2.37. The minimum absolute atomic E-state index is 0.104. The van der Waals surface area contributed by atoms with Gasteiger partial charge in [0.25, 0.3) is 5.91 Å². The Hall–Kier alpha value is -3.72. The molecule has 0 spiro atoms. The summed E-state index contributed by atoms with van der Waals surface area (Å²) in [4.78, 5) is 34.7. The number of nitrogen functional groups attached to an aromatic ring is 1. The molecule has 0 bridgehead atoms. The van der Waals surface area contributed by atoms with Gasteiger partial charge in [-0.2, -0.15) is 9.97 Å². The monoisotopic (exact) mass is 486 g/mol. The van der Waals surface area contributed by atoms with Crippen molar-refractivity contribution in [2.45, 2.75) is 25.9 Å². The SMILES string of the molecule is CC1Cc2ccc(-c3cccc(C(=O)N(C)C)n3)cc2CN1c1cc(N2CCN(C)CC2)nc(N)n1.